The van der Waals surface area contributed by atoms with Gasteiger partial charge >= 0.3 is 0 Å². The highest BCUT2D eigenvalue weighted by Crippen LogP contribution is 2.20. The Kier molecular flexibility index (Phi) is 2.57. The molecule has 0 aliphatic carbocycles. The van der Waals surface area contributed by atoms with Crippen molar-refractivity contribution in [3.8, 4) is 12.3 Å². The summed E-state index contributed by atoms with van der Waals surface area (Å²) < 4.78 is 5.36. The fourth-order valence-corrected chi connectivity index (χ4v) is 1.27. The number of terminal acetylenes is 1. The standard InChI is InChI=1S/C10H13NO/c1-5-10(11-4)9-6-7(2)12-8(9)3/h1,6,10-11H,2-4H3. The third-order valence-corrected chi connectivity index (χ3v) is 1.85. The van der Waals surface area contributed by atoms with Gasteiger partial charge in [-0.25, -0.2) is 0 Å². The SMILES string of the molecule is C#CC(NC)c1cc(C)oc1C. The van der Waals surface area contributed by atoms with E-state index in [9.17, 15) is 0 Å². The Labute approximate surface area is 73.0 Å². The molecule has 0 fully saturated rings. The van der Waals surface area contributed by atoms with Crippen LogP contribution in [0.15, 0.2) is 10.5 Å². The van der Waals surface area contributed by atoms with Gasteiger partial charge in [-0.15, -0.1) is 6.42 Å². The summed E-state index contributed by atoms with van der Waals surface area (Å²) in [6.07, 6.45) is 5.34. The normalized spacial score (nSPS) is 12.5. The zero-order valence-corrected chi connectivity index (χ0v) is 7.64. The van der Waals surface area contributed by atoms with Crippen LogP contribution in [0.25, 0.3) is 0 Å². The summed E-state index contributed by atoms with van der Waals surface area (Å²) in [5, 5.41) is 3.03. The molecule has 0 bridgehead atoms. The lowest BCUT2D eigenvalue weighted by Gasteiger charge is -2.06. The Hall–Kier alpha value is -1.20. The number of aryl methyl sites for hydroxylation is 2. The maximum absolute atomic E-state index is 5.36. The quantitative estimate of drug-likeness (QED) is 0.672. The Bertz CT molecular complexity index is 306. The zero-order chi connectivity index (χ0) is 9.14. The van der Waals surface area contributed by atoms with Gasteiger partial charge in [-0.05, 0) is 27.0 Å². The maximum Gasteiger partial charge on any atom is 0.106 e. The van der Waals surface area contributed by atoms with Crippen molar-refractivity contribution in [3.63, 3.8) is 0 Å². The lowest BCUT2D eigenvalue weighted by atomic mass is 10.1. The molecular formula is C10H13NO. The predicted octanol–water partition coefficient (Wildman–Crippen LogP) is 1.79. The summed E-state index contributed by atoms with van der Waals surface area (Å²) >= 11 is 0. The highest BCUT2D eigenvalue weighted by Gasteiger charge is 2.11. The van der Waals surface area contributed by atoms with Gasteiger partial charge in [0.25, 0.3) is 0 Å². The van der Waals surface area contributed by atoms with Crippen LogP contribution in [0.2, 0.25) is 0 Å². The number of hydrogen-bond acceptors (Lipinski definition) is 2. The van der Waals surface area contributed by atoms with E-state index >= 15 is 0 Å². The van der Waals surface area contributed by atoms with Crippen molar-refractivity contribution < 1.29 is 4.42 Å². The molecule has 1 unspecified atom stereocenters. The highest BCUT2D eigenvalue weighted by molar-refractivity contribution is 5.29. The number of furan rings is 1. The van der Waals surface area contributed by atoms with Crippen molar-refractivity contribution in [1.82, 2.24) is 5.32 Å². The van der Waals surface area contributed by atoms with Crippen LogP contribution in [0.4, 0.5) is 0 Å². The van der Waals surface area contributed by atoms with Crippen LogP contribution in [-0.4, -0.2) is 7.05 Å². The average Bonchev–Trinajstić information content (AvgIpc) is 2.34. The first-order valence-corrected chi connectivity index (χ1v) is 3.89. The topological polar surface area (TPSA) is 25.2 Å². The largest absolute Gasteiger partial charge is 0.466 e. The highest BCUT2D eigenvalue weighted by atomic mass is 16.3. The van der Waals surface area contributed by atoms with Gasteiger partial charge in [0, 0.05) is 5.56 Å². The van der Waals surface area contributed by atoms with Crippen LogP contribution in [-0.2, 0) is 0 Å². The molecule has 64 valence electrons. The Balaban J connectivity index is 3.02. The molecule has 0 radical (unpaired) electrons. The second-order valence-corrected chi connectivity index (χ2v) is 2.76. The molecule has 0 amide bonds. The van der Waals surface area contributed by atoms with Crippen LogP contribution < -0.4 is 5.32 Å². The second-order valence-electron chi connectivity index (χ2n) is 2.76. The van der Waals surface area contributed by atoms with Gasteiger partial charge in [0.05, 0.1) is 6.04 Å². The number of hydrogen-bond donors (Lipinski definition) is 1. The zero-order valence-electron chi connectivity index (χ0n) is 7.64. The summed E-state index contributed by atoms with van der Waals surface area (Å²) in [5.74, 6) is 4.45. The van der Waals surface area contributed by atoms with E-state index in [0.29, 0.717) is 0 Å². The Morgan fingerprint density at radius 2 is 2.25 bits per heavy atom. The lowest BCUT2D eigenvalue weighted by Crippen LogP contribution is -2.14. The minimum absolute atomic E-state index is 0.0394. The van der Waals surface area contributed by atoms with E-state index in [2.05, 4.69) is 11.2 Å². The number of nitrogens with one attached hydrogen (secondary N) is 1. The Morgan fingerprint density at radius 3 is 2.58 bits per heavy atom. The molecule has 2 heteroatoms. The van der Waals surface area contributed by atoms with Gasteiger partial charge in [0.2, 0.25) is 0 Å². The van der Waals surface area contributed by atoms with E-state index in [4.69, 9.17) is 10.8 Å². The molecule has 1 aromatic rings. The first-order chi connectivity index (χ1) is 5.69. The van der Waals surface area contributed by atoms with Gasteiger partial charge in [0.1, 0.15) is 11.5 Å². The molecule has 1 aromatic heterocycles. The molecule has 0 aliphatic rings. The van der Waals surface area contributed by atoms with Crippen molar-refractivity contribution >= 4 is 0 Å². The van der Waals surface area contributed by atoms with Crippen LogP contribution in [0.3, 0.4) is 0 Å². The molecule has 1 rings (SSSR count). The van der Waals surface area contributed by atoms with E-state index in [1.807, 2.05) is 27.0 Å². The van der Waals surface area contributed by atoms with Crippen LogP contribution in [0.5, 0.6) is 0 Å². The van der Waals surface area contributed by atoms with Crippen LogP contribution >= 0.6 is 0 Å². The van der Waals surface area contributed by atoms with Gasteiger partial charge in [-0.1, -0.05) is 5.92 Å². The molecule has 0 saturated heterocycles. The fraction of sp³-hybridized carbons (Fsp3) is 0.400. The third kappa shape index (κ3) is 1.51. The molecule has 0 saturated carbocycles. The monoisotopic (exact) mass is 163 g/mol. The van der Waals surface area contributed by atoms with Crippen molar-refractivity contribution in [2.45, 2.75) is 19.9 Å². The second kappa shape index (κ2) is 3.46. The van der Waals surface area contributed by atoms with Gasteiger partial charge in [-0.3, -0.25) is 0 Å². The van der Waals surface area contributed by atoms with Gasteiger partial charge < -0.3 is 9.73 Å². The van der Waals surface area contributed by atoms with Crippen molar-refractivity contribution in [2.75, 3.05) is 7.05 Å². The summed E-state index contributed by atoms with van der Waals surface area (Å²) in [7, 11) is 1.84. The number of rotatable bonds is 2. The molecule has 12 heavy (non-hydrogen) atoms. The Morgan fingerprint density at radius 1 is 1.58 bits per heavy atom. The van der Waals surface area contributed by atoms with Crippen LogP contribution in [0, 0.1) is 26.2 Å². The molecule has 1 N–H and O–H groups in total. The molecule has 0 aliphatic heterocycles. The third-order valence-electron chi connectivity index (χ3n) is 1.85. The van der Waals surface area contributed by atoms with E-state index in [-0.39, 0.29) is 6.04 Å². The maximum atomic E-state index is 5.36. The van der Waals surface area contributed by atoms with Gasteiger partial charge in [0.15, 0.2) is 0 Å². The molecule has 1 heterocycles. The average molecular weight is 163 g/mol. The van der Waals surface area contributed by atoms with E-state index in [1.165, 1.54) is 0 Å². The minimum atomic E-state index is -0.0394. The summed E-state index contributed by atoms with van der Waals surface area (Å²) in [5.41, 5.74) is 1.05. The molecule has 1 atom stereocenters. The van der Waals surface area contributed by atoms with Gasteiger partial charge in [-0.2, -0.15) is 0 Å². The van der Waals surface area contributed by atoms with Crippen molar-refractivity contribution in [3.05, 3.63) is 23.2 Å². The fourth-order valence-electron chi connectivity index (χ4n) is 1.27. The molecule has 2 nitrogen and oxygen atoms in total. The van der Waals surface area contributed by atoms with Crippen molar-refractivity contribution in [1.29, 1.82) is 0 Å². The van der Waals surface area contributed by atoms with E-state index in [0.717, 1.165) is 17.1 Å². The predicted molar refractivity (Wildman–Crippen MR) is 48.8 cm³/mol. The summed E-state index contributed by atoms with van der Waals surface area (Å²) in [4.78, 5) is 0. The molecular weight excluding hydrogens is 150 g/mol. The van der Waals surface area contributed by atoms with E-state index in [1.54, 1.807) is 0 Å². The first kappa shape index (κ1) is 8.89. The minimum Gasteiger partial charge on any atom is -0.466 e. The van der Waals surface area contributed by atoms with Crippen LogP contribution in [0.1, 0.15) is 23.1 Å². The first-order valence-electron chi connectivity index (χ1n) is 3.89. The molecule has 0 aromatic carbocycles. The lowest BCUT2D eigenvalue weighted by molar-refractivity contribution is 0.498. The summed E-state index contributed by atoms with van der Waals surface area (Å²) in [6.45, 7) is 3.84. The molecule has 0 spiro atoms. The summed E-state index contributed by atoms with van der Waals surface area (Å²) in [6, 6.07) is 1.93. The van der Waals surface area contributed by atoms with Crippen molar-refractivity contribution in [2.24, 2.45) is 0 Å². The smallest absolute Gasteiger partial charge is 0.106 e. The van der Waals surface area contributed by atoms with E-state index < -0.39 is 0 Å².